The van der Waals surface area contributed by atoms with Crippen molar-refractivity contribution in [3.05, 3.63) is 42.0 Å². The van der Waals surface area contributed by atoms with Crippen LogP contribution in [0.2, 0.25) is 0 Å². The Kier molecular flexibility index (Phi) is 1.33. The molecule has 1 nitrogen and oxygen atoms in total. The lowest BCUT2D eigenvalue weighted by atomic mass is 10.0. The Morgan fingerprint density at radius 2 is 2.15 bits per heavy atom. The van der Waals surface area contributed by atoms with Gasteiger partial charge in [0, 0.05) is 12.2 Å². The fourth-order valence-corrected chi connectivity index (χ4v) is 2.00. The van der Waals surface area contributed by atoms with Gasteiger partial charge in [0.1, 0.15) is 0 Å². The quantitative estimate of drug-likeness (QED) is 0.637. The van der Waals surface area contributed by atoms with Gasteiger partial charge in [0.05, 0.1) is 0 Å². The standard InChI is InChI=1S/C12H10N/c1-2-4-10-9(3-1)5-6-12-11(10)7-8-13-12/h1-4,6,13H,7-8H2. The Labute approximate surface area is 77.4 Å². The Balaban J connectivity index is 2.43. The normalized spacial score (nSPS) is 14.2. The summed E-state index contributed by atoms with van der Waals surface area (Å²) in [4.78, 5) is 0. The Bertz CT molecular complexity index is 460. The van der Waals surface area contributed by atoms with Crippen LogP contribution in [-0.4, -0.2) is 6.54 Å². The first-order chi connectivity index (χ1) is 6.45. The lowest BCUT2D eigenvalue weighted by Gasteiger charge is -2.03. The van der Waals surface area contributed by atoms with Crippen LogP contribution in [0.5, 0.6) is 0 Å². The average molecular weight is 168 g/mol. The molecule has 0 bridgehead atoms. The van der Waals surface area contributed by atoms with Gasteiger partial charge in [-0.05, 0) is 34.9 Å². The molecule has 0 atom stereocenters. The molecular weight excluding hydrogens is 158 g/mol. The van der Waals surface area contributed by atoms with Gasteiger partial charge in [-0.25, -0.2) is 0 Å². The van der Waals surface area contributed by atoms with Crippen molar-refractivity contribution in [1.82, 2.24) is 0 Å². The molecule has 1 heteroatoms. The van der Waals surface area contributed by atoms with Crippen LogP contribution in [0.1, 0.15) is 5.56 Å². The van der Waals surface area contributed by atoms with E-state index in [1.54, 1.807) is 0 Å². The zero-order valence-corrected chi connectivity index (χ0v) is 7.30. The second-order valence-corrected chi connectivity index (χ2v) is 3.40. The van der Waals surface area contributed by atoms with Gasteiger partial charge in [0.25, 0.3) is 0 Å². The van der Waals surface area contributed by atoms with Crippen LogP contribution in [0.15, 0.2) is 30.3 Å². The van der Waals surface area contributed by atoms with Crippen molar-refractivity contribution in [2.24, 2.45) is 0 Å². The number of fused-ring (bicyclic) bond motifs is 3. The molecule has 1 aliphatic heterocycles. The Hall–Kier alpha value is -1.50. The maximum Gasteiger partial charge on any atom is 0.0386 e. The minimum absolute atomic E-state index is 1.07. The van der Waals surface area contributed by atoms with Gasteiger partial charge in [0.2, 0.25) is 0 Å². The molecule has 0 aliphatic carbocycles. The van der Waals surface area contributed by atoms with Crippen LogP contribution in [0, 0.1) is 6.07 Å². The molecule has 2 aromatic rings. The third-order valence-corrected chi connectivity index (χ3v) is 2.64. The van der Waals surface area contributed by atoms with E-state index in [-0.39, 0.29) is 0 Å². The van der Waals surface area contributed by atoms with Crippen molar-refractivity contribution in [3.8, 4) is 0 Å². The largest absolute Gasteiger partial charge is 0.384 e. The van der Waals surface area contributed by atoms with Crippen molar-refractivity contribution in [2.75, 3.05) is 11.9 Å². The monoisotopic (exact) mass is 168 g/mol. The second-order valence-electron chi connectivity index (χ2n) is 3.40. The van der Waals surface area contributed by atoms with E-state index in [4.69, 9.17) is 0 Å². The number of anilines is 1. The fraction of sp³-hybridized carbons (Fsp3) is 0.167. The third kappa shape index (κ3) is 0.934. The maximum absolute atomic E-state index is 3.36. The second kappa shape index (κ2) is 2.49. The number of benzene rings is 2. The molecular formula is C12H10N. The molecule has 0 saturated heterocycles. The summed E-state index contributed by atoms with van der Waals surface area (Å²) in [5.41, 5.74) is 2.72. The molecule has 0 amide bonds. The smallest absolute Gasteiger partial charge is 0.0386 e. The minimum Gasteiger partial charge on any atom is -0.384 e. The molecule has 1 heterocycles. The van der Waals surface area contributed by atoms with Gasteiger partial charge >= 0.3 is 0 Å². The summed E-state index contributed by atoms with van der Waals surface area (Å²) in [6.45, 7) is 1.07. The van der Waals surface area contributed by atoms with Crippen LogP contribution in [0.3, 0.4) is 0 Å². The summed E-state index contributed by atoms with van der Waals surface area (Å²) in [6.07, 6.45) is 1.14. The van der Waals surface area contributed by atoms with Gasteiger partial charge in [-0.2, -0.15) is 0 Å². The van der Waals surface area contributed by atoms with Crippen molar-refractivity contribution >= 4 is 16.5 Å². The zero-order valence-electron chi connectivity index (χ0n) is 7.30. The van der Waals surface area contributed by atoms with Crippen molar-refractivity contribution in [2.45, 2.75) is 6.42 Å². The number of hydrogen-bond acceptors (Lipinski definition) is 1. The molecule has 13 heavy (non-hydrogen) atoms. The summed E-state index contributed by atoms with van der Waals surface area (Å²) in [6, 6.07) is 13.8. The molecule has 63 valence electrons. The van der Waals surface area contributed by atoms with Crippen molar-refractivity contribution in [1.29, 1.82) is 0 Å². The summed E-state index contributed by atoms with van der Waals surface area (Å²) < 4.78 is 0. The highest BCUT2D eigenvalue weighted by Crippen LogP contribution is 2.29. The molecule has 0 fully saturated rings. The SMILES string of the molecule is [c]1cc2c(c3ccccc13)CCN2. The highest BCUT2D eigenvalue weighted by atomic mass is 14.9. The highest BCUT2D eigenvalue weighted by Gasteiger charge is 2.11. The first kappa shape index (κ1) is 6.96. The Morgan fingerprint density at radius 1 is 1.23 bits per heavy atom. The molecule has 3 rings (SSSR count). The first-order valence-electron chi connectivity index (χ1n) is 4.61. The molecule has 1 aliphatic rings. The van der Waals surface area contributed by atoms with Gasteiger partial charge in [-0.3, -0.25) is 0 Å². The van der Waals surface area contributed by atoms with Crippen LogP contribution >= 0.6 is 0 Å². The van der Waals surface area contributed by atoms with Gasteiger partial charge in [-0.1, -0.05) is 24.3 Å². The molecule has 0 aromatic heterocycles. The predicted molar refractivity (Wildman–Crippen MR) is 55.0 cm³/mol. The topological polar surface area (TPSA) is 12.0 Å². The molecule has 2 aromatic carbocycles. The third-order valence-electron chi connectivity index (χ3n) is 2.64. The number of rotatable bonds is 0. The van der Waals surface area contributed by atoms with Crippen LogP contribution in [0.4, 0.5) is 5.69 Å². The van der Waals surface area contributed by atoms with Crippen molar-refractivity contribution in [3.63, 3.8) is 0 Å². The van der Waals surface area contributed by atoms with E-state index < -0.39 is 0 Å². The van der Waals surface area contributed by atoms with E-state index in [1.165, 1.54) is 22.0 Å². The Morgan fingerprint density at radius 3 is 3.15 bits per heavy atom. The van der Waals surface area contributed by atoms with E-state index >= 15 is 0 Å². The van der Waals surface area contributed by atoms with E-state index in [0.29, 0.717) is 0 Å². The van der Waals surface area contributed by atoms with Crippen LogP contribution in [-0.2, 0) is 6.42 Å². The molecule has 0 saturated carbocycles. The van der Waals surface area contributed by atoms with E-state index in [2.05, 4.69) is 41.7 Å². The number of hydrogen-bond donors (Lipinski definition) is 1. The zero-order chi connectivity index (χ0) is 8.67. The average Bonchev–Trinajstić information content (AvgIpc) is 2.65. The van der Waals surface area contributed by atoms with E-state index in [0.717, 1.165) is 13.0 Å². The molecule has 1 radical (unpaired) electrons. The highest BCUT2D eigenvalue weighted by molar-refractivity contribution is 5.90. The van der Waals surface area contributed by atoms with Gasteiger partial charge < -0.3 is 5.32 Å². The molecule has 0 spiro atoms. The summed E-state index contributed by atoms with van der Waals surface area (Å²) in [7, 11) is 0. The number of nitrogens with one attached hydrogen (secondary N) is 1. The summed E-state index contributed by atoms with van der Waals surface area (Å²) >= 11 is 0. The fourth-order valence-electron chi connectivity index (χ4n) is 2.00. The predicted octanol–water partition coefficient (Wildman–Crippen LogP) is 2.61. The van der Waals surface area contributed by atoms with Crippen molar-refractivity contribution < 1.29 is 0 Å². The van der Waals surface area contributed by atoms with E-state index in [1.807, 2.05) is 0 Å². The van der Waals surface area contributed by atoms with Gasteiger partial charge in [-0.15, -0.1) is 0 Å². The first-order valence-corrected chi connectivity index (χ1v) is 4.61. The maximum atomic E-state index is 3.36. The van der Waals surface area contributed by atoms with E-state index in [9.17, 15) is 0 Å². The summed E-state index contributed by atoms with van der Waals surface area (Å²) in [5, 5.41) is 5.94. The summed E-state index contributed by atoms with van der Waals surface area (Å²) in [5.74, 6) is 0. The molecule has 1 N–H and O–H groups in total. The van der Waals surface area contributed by atoms with Gasteiger partial charge in [0.15, 0.2) is 0 Å². The minimum atomic E-state index is 1.07. The lowest BCUT2D eigenvalue weighted by molar-refractivity contribution is 1.11. The van der Waals surface area contributed by atoms with Crippen LogP contribution < -0.4 is 5.32 Å². The lowest BCUT2D eigenvalue weighted by Crippen LogP contribution is -1.90. The van der Waals surface area contributed by atoms with Crippen LogP contribution in [0.25, 0.3) is 10.8 Å². The molecule has 0 unspecified atom stereocenters.